The molecule has 1 heterocycles. The number of amides is 2. The number of hydrogen-bond donors (Lipinski definition) is 1. The summed E-state index contributed by atoms with van der Waals surface area (Å²) < 4.78 is 0. The van der Waals surface area contributed by atoms with Crippen LogP contribution in [0.25, 0.3) is 0 Å². The highest BCUT2D eigenvalue weighted by molar-refractivity contribution is 5.86. The molecule has 2 fully saturated rings. The highest BCUT2D eigenvalue weighted by Crippen LogP contribution is 2.58. The van der Waals surface area contributed by atoms with Gasteiger partial charge in [0, 0.05) is 13.0 Å². The van der Waals surface area contributed by atoms with Crippen LogP contribution in [0.1, 0.15) is 52.4 Å². The van der Waals surface area contributed by atoms with Gasteiger partial charge >= 0.3 is 0 Å². The van der Waals surface area contributed by atoms with Crippen molar-refractivity contribution in [2.24, 2.45) is 22.4 Å². The lowest BCUT2D eigenvalue weighted by atomic mass is 9.49. The molecule has 2 bridgehead atoms. The maximum Gasteiger partial charge on any atom is 0.259 e. The fourth-order valence-corrected chi connectivity index (χ4v) is 4.14. The Hall–Kier alpha value is -1.65. The molecule has 2 atom stereocenters. The molecule has 5 nitrogen and oxygen atoms in total. The van der Waals surface area contributed by atoms with E-state index in [1.807, 2.05) is 0 Å². The minimum Gasteiger partial charge on any atom is -0.333 e. The summed E-state index contributed by atoms with van der Waals surface area (Å²) in [5.41, 5.74) is 4.18. The minimum absolute atomic E-state index is 0.0823. The topological polar surface area (TPSA) is 61.8 Å². The van der Waals surface area contributed by atoms with Crippen molar-refractivity contribution in [1.82, 2.24) is 10.3 Å². The second kappa shape index (κ2) is 6.46. The van der Waals surface area contributed by atoms with Gasteiger partial charge in [-0.3, -0.25) is 9.59 Å². The number of hydrogen-bond acceptors (Lipinski definition) is 3. The molecule has 1 saturated heterocycles. The van der Waals surface area contributed by atoms with E-state index in [0.717, 1.165) is 31.6 Å². The van der Waals surface area contributed by atoms with E-state index < -0.39 is 0 Å². The first kappa shape index (κ1) is 16.2. The van der Waals surface area contributed by atoms with E-state index in [9.17, 15) is 9.59 Å². The van der Waals surface area contributed by atoms with Crippen LogP contribution in [-0.4, -0.2) is 36.0 Å². The quantitative estimate of drug-likeness (QED) is 0.639. The van der Waals surface area contributed by atoms with Crippen LogP contribution in [0.4, 0.5) is 0 Å². The number of nitrogens with zero attached hydrogens (tertiary/aromatic N) is 2. The Morgan fingerprint density at radius 2 is 2.26 bits per heavy atom. The van der Waals surface area contributed by atoms with E-state index in [2.05, 4.69) is 30.5 Å². The van der Waals surface area contributed by atoms with Crippen molar-refractivity contribution in [3.05, 3.63) is 11.6 Å². The maximum absolute atomic E-state index is 12.0. The van der Waals surface area contributed by atoms with E-state index in [1.54, 1.807) is 11.1 Å². The zero-order valence-corrected chi connectivity index (χ0v) is 14.2. The van der Waals surface area contributed by atoms with Crippen molar-refractivity contribution >= 4 is 18.0 Å². The van der Waals surface area contributed by atoms with Gasteiger partial charge in [-0.2, -0.15) is 5.10 Å². The Balaban J connectivity index is 1.49. The smallest absolute Gasteiger partial charge is 0.259 e. The third kappa shape index (κ3) is 3.33. The van der Waals surface area contributed by atoms with E-state index >= 15 is 0 Å². The van der Waals surface area contributed by atoms with Crippen molar-refractivity contribution in [3.63, 3.8) is 0 Å². The Kier molecular flexibility index (Phi) is 4.55. The fourth-order valence-electron chi connectivity index (χ4n) is 4.14. The van der Waals surface area contributed by atoms with Gasteiger partial charge in [-0.05, 0) is 48.5 Å². The van der Waals surface area contributed by atoms with Crippen LogP contribution in [-0.2, 0) is 9.59 Å². The van der Waals surface area contributed by atoms with Crippen LogP contribution < -0.4 is 5.43 Å². The summed E-state index contributed by atoms with van der Waals surface area (Å²) in [5.74, 6) is 1.24. The normalized spacial score (nSPS) is 29.7. The highest BCUT2D eigenvalue weighted by atomic mass is 16.2. The summed E-state index contributed by atoms with van der Waals surface area (Å²) in [5, 5.41) is 4.12. The molecule has 1 N–H and O–H groups in total. The van der Waals surface area contributed by atoms with Gasteiger partial charge in [0.1, 0.15) is 6.54 Å². The van der Waals surface area contributed by atoms with Crippen LogP contribution in [0.2, 0.25) is 0 Å². The number of carbonyl (C=O) groups is 2. The molecule has 1 saturated carbocycles. The highest BCUT2D eigenvalue weighted by Gasteiger charge is 2.50. The first-order valence-corrected chi connectivity index (χ1v) is 8.78. The van der Waals surface area contributed by atoms with Crippen molar-refractivity contribution in [2.45, 2.75) is 52.4 Å². The summed E-state index contributed by atoms with van der Waals surface area (Å²) in [6.45, 7) is 5.43. The predicted octanol–water partition coefficient (Wildman–Crippen LogP) is 2.48. The average molecular weight is 317 g/mol. The van der Waals surface area contributed by atoms with Gasteiger partial charge in [-0.25, -0.2) is 5.43 Å². The first-order valence-electron chi connectivity index (χ1n) is 8.78. The van der Waals surface area contributed by atoms with Crippen LogP contribution in [0.15, 0.2) is 16.8 Å². The van der Waals surface area contributed by atoms with Gasteiger partial charge in [-0.1, -0.05) is 26.3 Å². The lowest BCUT2D eigenvalue weighted by Crippen LogP contribution is -2.48. The van der Waals surface area contributed by atoms with Crippen molar-refractivity contribution in [1.29, 1.82) is 0 Å². The molecule has 0 aromatic carbocycles. The summed E-state index contributed by atoms with van der Waals surface area (Å²) in [6.07, 6.45) is 9.92. The number of nitrogens with one attached hydrogen (secondary N) is 1. The van der Waals surface area contributed by atoms with Gasteiger partial charge in [-0.15, -0.1) is 0 Å². The molecule has 4 rings (SSSR count). The Morgan fingerprint density at radius 3 is 3.00 bits per heavy atom. The Morgan fingerprint density at radius 1 is 1.43 bits per heavy atom. The SMILES string of the molecule is CC1(C)C2CC=C(/C=N/NC(=O)CN3CCCCCC3=O)C1C2. The summed E-state index contributed by atoms with van der Waals surface area (Å²) in [6, 6.07) is 0. The monoisotopic (exact) mass is 317 g/mol. The van der Waals surface area contributed by atoms with Crippen LogP contribution in [0.5, 0.6) is 0 Å². The predicted molar refractivity (Wildman–Crippen MR) is 89.8 cm³/mol. The van der Waals surface area contributed by atoms with Gasteiger partial charge in [0.25, 0.3) is 5.91 Å². The lowest BCUT2D eigenvalue weighted by Gasteiger charge is -2.55. The number of allylic oxidation sites excluding steroid dienone is 2. The van der Waals surface area contributed by atoms with Crippen molar-refractivity contribution in [2.75, 3.05) is 13.1 Å². The molecule has 5 heteroatoms. The van der Waals surface area contributed by atoms with E-state index in [0.29, 0.717) is 24.3 Å². The van der Waals surface area contributed by atoms with E-state index in [1.165, 1.54) is 12.0 Å². The third-order valence-electron chi connectivity index (χ3n) is 5.92. The fraction of sp³-hybridized carbons (Fsp3) is 0.722. The van der Waals surface area contributed by atoms with Crippen molar-refractivity contribution < 1.29 is 9.59 Å². The largest absolute Gasteiger partial charge is 0.333 e. The molecule has 0 spiro atoms. The third-order valence-corrected chi connectivity index (χ3v) is 5.92. The molecule has 23 heavy (non-hydrogen) atoms. The molecular formula is C18H27N3O2. The standard InChI is InChI=1S/C18H27N3O2/c1-18(2)14-8-7-13(15(18)10-14)11-19-20-16(22)12-21-9-5-3-4-6-17(21)23/h7,11,14-15H,3-6,8-10,12H2,1-2H3,(H,20,22)/b19-11+. The number of carbonyl (C=O) groups excluding carboxylic acids is 2. The minimum atomic E-state index is -0.210. The molecule has 0 aromatic heterocycles. The zero-order valence-electron chi connectivity index (χ0n) is 14.2. The molecule has 126 valence electrons. The molecule has 2 amide bonds. The first-order chi connectivity index (χ1) is 11.0. The Labute approximate surface area is 138 Å². The van der Waals surface area contributed by atoms with Gasteiger partial charge < -0.3 is 4.90 Å². The zero-order chi connectivity index (χ0) is 16.4. The number of hydrazone groups is 1. The Bertz CT molecular complexity index is 550. The van der Waals surface area contributed by atoms with Crippen LogP contribution in [0.3, 0.4) is 0 Å². The molecule has 0 aromatic rings. The second-order valence-corrected chi connectivity index (χ2v) is 7.67. The molecule has 1 aliphatic heterocycles. The second-order valence-electron chi connectivity index (χ2n) is 7.67. The van der Waals surface area contributed by atoms with Crippen LogP contribution >= 0.6 is 0 Å². The molecule has 2 unspecified atom stereocenters. The molecule has 3 aliphatic carbocycles. The number of fused-ring (bicyclic) bond motifs is 1. The molecule has 4 aliphatic rings. The molecular weight excluding hydrogens is 290 g/mol. The van der Waals surface area contributed by atoms with E-state index in [-0.39, 0.29) is 18.4 Å². The lowest BCUT2D eigenvalue weighted by molar-refractivity contribution is -0.135. The molecule has 0 radical (unpaired) electrons. The van der Waals surface area contributed by atoms with Gasteiger partial charge in [0.15, 0.2) is 0 Å². The van der Waals surface area contributed by atoms with Gasteiger partial charge in [0.2, 0.25) is 5.91 Å². The number of rotatable bonds is 4. The van der Waals surface area contributed by atoms with Gasteiger partial charge in [0.05, 0.1) is 6.21 Å². The maximum atomic E-state index is 12.0. The van der Waals surface area contributed by atoms with Crippen molar-refractivity contribution in [3.8, 4) is 0 Å². The van der Waals surface area contributed by atoms with Crippen LogP contribution in [0, 0.1) is 17.3 Å². The summed E-state index contributed by atoms with van der Waals surface area (Å²) in [4.78, 5) is 25.5. The summed E-state index contributed by atoms with van der Waals surface area (Å²) >= 11 is 0. The summed E-state index contributed by atoms with van der Waals surface area (Å²) in [7, 11) is 0. The number of likely N-dealkylation sites (tertiary alicyclic amines) is 1. The average Bonchev–Trinajstić information content (AvgIpc) is 2.72. The van der Waals surface area contributed by atoms with E-state index in [4.69, 9.17) is 0 Å².